The maximum Gasteiger partial charge on any atom is 0.243 e. The summed E-state index contributed by atoms with van der Waals surface area (Å²) in [4.78, 5) is 48.7. The van der Waals surface area contributed by atoms with Crippen LogP contribution < -0.4 is 16.0 Å². The molecule has 0 radical (unpaired) electrons. The van der Waals surface area contributed by atoms with Crippen molar-refractivity contribution in [1.29, 1.82) is 0 Å². The minimum Gasteiger partial charge on any atom is -0.381 e. The van der Waals surface area contributed by atoms with Crippen LogP contribution in [0.4, 0.5) is 0 Å². The van der Waals surface area contributed by atoms with Gasteiger partial charge in [0.05, 0.1) is 13.2 Å². The van der Waals surface area contributed by atoms with E-state index in [9.17, 15) is 19.2 Å². The molecule has 198 valence electrons. The molecular weight excluding hydrogens is 434 g/mol. The Balaban J connectivity index is 4.91. The highest BCUT2D eigenvalue weighted by Gasteiger charge is 2.36. The molecule has 0 rings (SSSR count). The zero-order valence-electron chi connectivity index (χ0n) is 23.1. The third-order valence-electron chi connectivity index (χ3n) is 5.87. The fourth-order valence-corrected chi connectivity index (χ4v) is 3.16. The average Bonchev–Trinajstić information content (AvgIpc) is 2.71. The van der Waals surface area contributed by atoms with Crippen molar-refractivity contribution >= 4 is 24.0 Å². The quantitative estimate of drug-likeness (QED) is 0.292. The van der Waals surface area contributed by atoms with Crippen molar-refractivity contribution in [2.24, 2.45) is 28.1 Å². The lowest BCUT2D eigenvalue weighted by Crippen LogP contribution is -2.53. The third-order valence-corrected chi connectivity index (χ3v) is 5.87. The number of aldehydes is 1. The summed E-state index contributed by atoms with van der Waals surface area (Å²) in [5.74, 6) is -0.375. The number of hydrogen-bond acceptors (Lipinski definition) is 5. The number of carbonyl (C=O) groups excluding carboxylic acids is 4. The molecule has 0 saturated heterocycles. The molecular formula is C26H49N3O5. The highest BCUT2D eigenvalue weighted by molar-refractivity contribution is 5.90. The summed E-state index contributed by atoms with van der Waals surface area (Å²) in [6, 6.07) is -0.733. The lowest BCUT2D eigenvalue weighted by Gasteiger charge is -2.32. The molecule has 0 aliphatic rings. The van der Waals surface area contributed by atoms with Gasteiger partial charge in [-0.3, -0.25) is 14.4 Å². The van der Waals surface area contributed by atoms with Crippen molar-refractivity contribution in [3.05, 3.63) is 0 Å². The van der Waals surface area contributed by atoms with Crippen LogP contribution in [0.15, 0.2) is 0 Å². The Morgan fingerprint density at radius 1 is 0.853 bits per heavy atom. The smallest absolute Gasteiger partial charge is 0.243 e. The lowest BCUT2D eigenvalue weighted by molar-refractivity contribution is -0.136. The number of amides is 3. The fourth-order valence-electron chi connectivity index (χ4n) is 3.16. The molecule has 0 aromatic carbocycles. The molecule has 8 heteroatoms. The van der Waals surface area contributed by atoms with E-state index in [4.69, 9.17) is 4.74 Å². The molecule has 0 aliphatic carbocycles. The van der Waals surface area contributed by atoms with E-state index in [2.05, 4.69) is 43.6 Å². The molecule has 34 heavy (non-hydrogen) atoms. The second-order valence-corrected chi connectivity index (χ2v) is 12.1. The molecule has 0 bridgehead atoms. The summed E-state index contributed by atoms with van der Waals surface area (Å²) in [6.45, 7) is 21.0. The molecule has 8 nitrogen and oxygen atoms in total. The molecule has 0 aliphatic heterocycles. The van der Waals surface area contributed by atoms with E-state index in [0.29, 0.717) is 44.8 Å². The van der Waals surface area contributed by atoms with Crippen LogP contribution in [0.2, 0.25) is 0 Å². The van der Waals surface area contributed by atoms with E-state index in [1.807, 2.05) is 41.5 Å². The van der Waals surface area contributed by atoms with Gasteiger partial charge in [-0.05, 0) is 24.7 Å². The Morgan fingerprint density at radius 3 is 1.85 bits per heavy atom. The summed E-state index contributed by atoms with van der Waals surface area (Å²) >= 11 is 0. The van der Waals surface area contributed by atoms with E-state index >= 15 is 0 Å². The number of nitrogens with one attached hydrogen (secondary N) is 3. The van der Waals surface area contributed by atoms with Crippen molar-refractivity contribution in [2.45, 2.75) is 88.1 Å². The van der Waals surface area contributed by atoms with Crippen LogP contribution in [0.1, 0.15) is 82.1 Å². The predicted molar refractivity (Wildman–Crippen MR) is 135 cm³/mol. The third kappa shape index (κ3) is 12.0. The summed E-state index contributed by atoms with van der Waals surface area (Å²) in [5, 5.41) is 8.37. The largest absolute Gasteiger partial charge is 0.381 e. The Hall–Kier alpha value is -1.96. The van der Waals surface area contributed by atoms with Gasteiger partial charge >= 0.3 is 0 Å². The molecule has 0 spiro atoms. The molecule has 1 unspecified atom stereocenters. The van der Waals surface area contributed by atoms with Gasteiger partial charge in [0.1, 0.15) is 12.3 Å². The number of carbonyl (C=O) groups is 4. The van der Waals surface area contributed by atoms with Gasteiger partial charge in [0.15, 0.2) is 0 Å². The van der Waals surface area contributed by atoms with Crippen LogP contribution in [0.5, 0.6) is 0 Å². The summed E-state index contributed by atoms with van der Waals surface area (Å²) in [7, 11) is 0. The molecule has 3 N–H and O–H groups in total. The SMILES string of the molecule is CC(C)COCC(C)(C)CNC(=O)C(C)(C)CCC(C)(C)C(=O)NC(C(=O)NCC=O)C(C)C. The first-order chi connectivity index (χ1) is 15.4. The predicted octanol–water partition coefficient (Wildman–Crippen LogP) is 3.09. The lowest BCUT2D eigenvalue weighted by atomic mass is 9.77. The van der Waals surface area contributed by atoms with E-state index in [1.54, 1.807) is 0 Å². The minimum atomic E-state index is -0.778. The molecule has 1 atom stereocenters. The average molecular weight is 484 g/mol. The van der Waals surface area contributed by atoms with Crippen LogP contribution >= 0.6 is 0 Å². The first kappa shape index (κ1) is 32.0. The number of hydrogen-bond donors (Lipinski definition) is 3. The van der Waals surface area contributed by atoms with Gasteiger partial charge < -0.3 is 25.5 Å². The van der Waals surface area contributed by atoms with Crippen LogP contribution in [-0.4, -0.2) is 56.4 Å². The van der Waals surface area contributed by atoms with Crippen molar-refractivity contribution in [3.63, 3.8) is 0 Å². The van der Waals surface area contributed by atoms with Crippen LogP contribution in [0.3, 0.4) is 0 Å². The first-order valence-electron chi connectivity index (χ1n) is 12.3. The van der Waals surface area contributed by atoms with Gasteiger partial charge in [-0.1, -0.05) is 69.2 Å². The van der Waals surface area contributed by atoms with E-state index in [0.717, 1.165) is 0 Å². The topological polar surface area (TPSA) is 114 Å². The van der Waals surface area contributed by atoms with Crippen molar-refractivity contribution in [1.82, 2.24) is 16.0 Å². The second-order valence-electron chi connectivity index (χ2n) is 12.1. The van der Waals surface area contributed by atoms with Crippen molar-refractivity contribution < 1.29 is 23.9 Å². The van der Waals surface area contributed by atoms with Gasteiger partial charge in [-0.25, -0.2) is 0 Å². The van der Waals surface area contributed by atoms with Gasteiger partial charge in [-0.15, -0.1) is 0 Å². The minimum absolute atomic E-state index is 0.0612. The Morgan fingerprint density at radius 2 is 1.38 bits per heavy atom. The first-order valence-corrected chi connectivity index (χ1v) is 12.3. The van der Waals surface area contributed by atoms with Gasteiger partial charge in [0.25, 0.3) is 0 Å². The molecule has 3 amide bonds. The summed E-state index contributed by atoms with van der Waals surface area (Å²) < 4.78 is 5.74. The maximum atomic E-state index is 13.0. The number of rotatable bonds is 16. The van der Waals surface area contributed by atoms with E-state index in [1.165, 1.54) is 0 Å². The molecule has 0 fully saturated rings. The molecule has 0 heterocycles. The van der Waals surface area contributed by atoms with Crippen LogP contribution in [-0.2, 0) is 23.9 Å². The van der Waals surface area contributed by atoms with Crippen molar-refractivity contribution in [3.8, 4) is 0 Å². The fraction of sp³-hybridized carbons (Fsp3) is 0.846. The zero-order chi connectivity index (χ0) is 26.7. The second kappa shape index (κ2) is 13.8. The zero-order valence-corrected chi connectivity index (χ0v) is 23.1. The summed E-state index contributed by atoms with van der Waals surface area (Å²) in [5.41, 5.74) is -1.62. The van der Waals surface area contributed by atoms with Gasteiger partial charge in [0.2, 0.25) is 17.7 Å². The van der Waals surface area contributed by atoms with Crippen LogP contribution in [0, 0.1) is 28.1 Å². The highest BCUT2D eigenvalue weighted by atomic mass is 16.5. The van der Waals surface area contributed by atoms with Crippen LogP contribution in [0.25, 0.3) is 0 Å². The maximum absolute atomic E-state index is 13.0. The Bertz CT molecular complexity index is 684. The Labute approximate surface area is 206 Å². The van der Waals surface area contributed by atoms with E-state index in [-0.39, 0.29) is 35.6 Å². The van der Waals surface area contributed by atoms with Gasteiger partial charge in [-0.2, -0.15) is 0 Å². The standard InChI is InChI=1S/C26H49N3O5/c1-18(2)15-34-17-24(5,6)16-28-22(32)25(7,8)11-12-26(9,10)23(33)29-20(19(3)4)21(31)27-13-14-30/h14,18-20H,11-13,15-17H2,1-10H3,(H,27,31)(H,28,32)(H,29,33). The molecule has 0 aromatic rings. The van der Waals surface area contributed by atoms with Gasteiger partial charge in [0, 0.05) is 29.4 Å². The number of ether oxygens (including phenoxy) is 1. The normalized spacial score (nSPS) is 13.5. The summed E-state index contributed by atoms with van der Waals surface area (Å²) in [6.07, 6.45) is 1.59. The monoisotopic (exact) mass is 483 g/mol. The van der Waals surface area contributed by atoms with Crippen molar-refractivity contribution in [2.75, 3.05) is 26.3 Å². The molecule has 0 aromatic heterocycles. The Kier molecular flexibility index (Phi) is 13.0. The van der Waals surface area contributed by atoms with E-state index < -0.39 is 16.9 Å². The highest BCUT2D eigenvalue weighted by Crippen LogP contribution is 2.32. The molecule has 0 saturated carbocycles.